The molecule has 1 amide bonds. The monoisotopic (exact) mass is 393 g/mol. The molecular weight excluding hydrogens is 381 g/mol. The standard InChI is InChI=1S/C13H14Br2ClNO/c1-17(7-8-4-10(15)5-8)13(18)11-3-2-9(14)6-12(11)16/h2-3,6,8,10H,4-5,7H2,1H3. The number of hydrogen-bond donors (Lipinski definition) is 0. The number of rotatable bonds is 3. The SMILES string of the molecule is CN(CC1CC(Br)C1)C(=O)c1ccc(Br)cc1Cl. The molecule has 1 aromatic rings. The lowest BCUT2D eigenvalue weighted by molar-refractivity contribution is 0.0749. The summed E-state index contributed by atoms with van der Waals surface area (Å²) in [6.45, 7) is 0.799. The molecule has 1 fully saturated rings. The van der Waals surface area contributed by atoms with Crippen molar-refractivity contribution < 1.29 is 4.79 Å². The van der Waals surface area contributed by atoms with Gasteiger partial charge in [0.05, 0.1) is 10.6 Å². The van der Waals surface area contributed by atoms with E-state index in [1.54, 1.807) is 17.0 Å². The molecule has 1 saturated carbocycles. The Morgan fingerprint density at radius 3 is 2.72 bits per heavy atom. The molecule has 0 unspecified atom stereocenters. The van der Waals surface area contributed by atoms with Crippen molar-refractivity contribution >= 4 is 49.4 Å². The summed E-state index contributed by atoms with van der Waals surface area (Å²) in [5.74, 6) is 0.600. The van der Waals surface area contributed by atoms with Gasteiger partial charge in [0.15, 0.2) is 0 Å². The Hall–Kier alpha value is -0.0600. The normalized spacial score (nSPS) is 22.4. The van der Waals surface area contributed by atoms with Gasteiger partial charge in [-0.2, -0.15) is 0 Å². The van der Waals surface area contributed by atoms with E-state index >= 15 is 0 Å². The molecule has 1 aliphatic rings. The third kappa shape index (κ3) is 3.28. The zero-order valence-electron chi connectivity index (χ0n) is 10.00. The summed E-state index contributed by atoms with van der Waals surface area (Å²) in [4.78, 5) is 14.6. The largest absolute Gasteiger partial charge is 0.341 e. The summed E-state index contributed by atoms with van der Waals surface area (Å²) in [5.41, 5.74) is 0.567. The van der Waals surface area contributed by atoms with E-state index in [2.05, 4.69) is 31.9 Å². The van der Waals surface area contributed by atoms with E-state index in [9.17, 15) is 4.79 Å². The maximum atomic E-state index is 12.2. The summed E-state index contributed by atoms with van der Waals surface area (Å²) in [5, 5.41) is 0.494. The molecule has 0 aromatic heterocycles. The Balaban J connectivity index is 2.01. The van der Waals surface area contributed by atoms with Crippen LogP contribution in [0.2, 0.25) is 5.02 Å². The minimum absolute atomic E-state index is 0.00878. The molecule has 0 atom stereocenters. The lowest BCUT2D eigenvalue weighted by Gasteiger charge is -2.34. The highest BCUT2D eigenvalue weighted by Gasteiger charge is 2.29. The van der Waals surface area contributed by atoms with E-state index in [4.69, 9.17) is 11.6 Å². The van der Waals surface area contributed by atoms with Crippen LogP contribution in [0.15, 0.2) is 22.7 Å². The van der Waals surface area contributed by atoms with Gasteiger partial charge in [0.1, 0.15) is 0 Å². The van der Waals surface area contributed by atoms with E-state index in [-0.39, 0.29) is 5.91 Å². The number of hydrogen-bond acceptors (Lipinski definition) is 1. The quantitative estimate of drug-likeness (QED) is 0.697. The number of nitrogens with zero attached hydrogens (tertiary/aromatic N) is 1. The molecule has 2 nitrogen and oxygen atoms in total. The minimum atomic E-state index is -0.00878. The Morgan fingerprint density at radius 1 is 1.50 bits per heavy atom. The van der Waals surface area contributed by atoms with Crippen LogP contribution < -0.4 is 0 Å². The molecule has 5 heteroatoms. The predicted molar refractivity (Wildman–Crippen MR) is 81.6 cm³/mol. The first-order chi connectivity index (χ1) is 8.47. The third-order valence-electron chi connectivity index (χ3n) is 3.22. The Labute approximate surface area is 129 Å². The van der Waals surface area contributed by atoms with E-state index in [1.807, 2.05) is 13.1 Å². The molecule has 98 valence electrons. The molecule has 0 spiro atoms. The second-order valence-electron chi connectivity index (χ2n) is 4.74. The first-order valence-corrected chi connectivity index (χ1v) is 7.90. The Kier molecular flexibility index (Phi) is 4.73. The van der Waals surface area contributed by atoms with Gasteiger partial charge in [-0.1, -0.05) is 43.5 Å². The number of benzene rings is 1. The van der Waals surface area contributed by atoms with Crippen LogP contribution in [-0.4, -0.2) is 29.2 Å². The van der Waals surface area contributed by atoms with Gasteiger partial charge in [-0.15, -0.1) is 0 Å². The maximum Gasteiger partial charge on any atom is 0.255 e. The van der Waals surface area contributed by atoms with Crippen molar-refractivity contribution in [1.82, 2.24) is 4.90 Å². The fourth-order valence-electron chi connectivity index (χ4n) is 2.14. The Morgan fingerprint density at radius 2 is 2.17 bits per heavy atom. The second kappa shape index (κ2) is 5.93. The smallest absolute Gasteiger partial charge is 0.255 e. The van der Waals surface area contributed by atoms with Crippen LogP contribution in [0.4, 0.5) is 0 Å². The molecule has 2 rings (SSSR count). The van der Waals surface area contributed by atoms with E-state index in [0.29, 0.717) is 21.3 Å². The summed E-state index contributed by atoms with van der Waals surface area (Å²) in [6, 6.07) is 5.35. The summed E-state index contributed by atoms with van der Waals surface area (Å²) >= 11 is 13.0. The van der Waals surface area contributed by atoms with Gasteiger partial charge < -0.3 is 4.90 Å². The molecule has 18 heavy (non-hydrogen) atoms. The molecule has 0 N–H and O–H groups in total. The van der Waals surface area contributed by atoms with Crippen LogP contribution in [0.3, 0.4) is 0 Å². The first-order valence-electron chi connectivity index (χ1n) is 5.82. The van der Waals surface area contributed by atoms with Crippen LogP contribution in [0.1, 0.15) is 23.2 Å². The molecule has 0 saturated heterocycles. The summed E-state index contributed by atoms with van der Waals surface area (Å²) in [6.07, 6.45) is 2.29. The summed E-state index contributed by atoms with van der Waals surface area (Å²) < 4.78 is 0.882. The van der Waals surface area contributed by atoms with E-state index in [0.717, 1.165) is 23.9 Å². The molecule has 0 heterocycles. The van der Waals surface area contributed by atoms with E-state index < -0.39 is 0 Å². The van der Waals surface area contributed by atoms with Gasteiger partial charge in [0.2, 0.25) is 0 Å². The van der Waals surface area contributed by atoms with Crippen molar-refractivity contribution in [2.45, 2.75) is 17.7 Å². The number of halogens is 3. The predicted octanol–water partition coefficient (Wildman–Crippen LogP) is 4.35. The molecule has 1 aromatic carbocycles. The van der Waals surface area contributed by atoms with Gasteiger partial charge in [0, 0.05) is 22.9 Å². The van der Waals surface area contributed by atoms with Gasteiger partial charge in [-0.25, -0.2) is 0 Å². The average molecular weight is 396 g/mol. The van der Waals surface area contributed by atoms with Gasteiger partial charge in [0.25, 0.3) is 5.91 Å². The van der Waals surface area contributed by atoms with Gasteiger partial charge in [-0.3, -0.25) is 4.79 Å². The molecule has 0 aliphatic heterocycles. The Bertz CT molecular complexity index is 460. The van der Waals surface area contributed by atoms with E-state index in [1.165, 1.54) is 0 Å². The highest BCUT2D eigenvalue weighted by molar-refractivity contribution is 9.10. The van der Waals surface area contributed by atoms with Crippen LogP contribution in [0.25, 0.3) is 0 Å². The highest BCUT2D eigenvalue weighted by Crippen LogP contribution is 2.34. The van der Waals surface area contributed by atoms with Crippen LogP contribution >= 0.6 is 43.5 Å². The maximum absolute atomic E-state index is 12.2. The zero-order valence-corrected chi connectivity index (χ0v) is 13.9. The molecular formula is C13H14Br2ClNO. The molecule has 0 bridgehead atoms. The second-order valence-corrected chi connectivity index (χ2v) is 7.36. The molecule has 1 aliphatic carbocycles. The summed E-state index contributed by atoms with van der Waals surface area (Å²) in [7, 11) is 1.84. The lowest BCUT2D eigenvalue weighted by atomic mass is 9.85. The lowest BCUT2D eigenvalue weighted by Crippen LogP contribution is -2.37. The fraction of sp³-hybridized carbons (Fsp3) is 0.462. The van der Waals surface area contributed by atoms with Crippen molar-refractivity contribution in [2.24, 2.45) is 5.92 Å². The highest BCUT2D eigenvalue weighted by atomic mass is 79.9. The zero-order chi connectivity index (χ0) is 13.3. The topological polar surface area (TPSA) is 20.3 Å². The minimum Gasteiger partial charge on any atom is -0.341 e. The third-order valence-corrected chi connectivity index (χ3v) is 4.77. The van der Waals surface area contributed by atoms with Gasteiger partial charge in [-0.05, 0) is 37.0 Å². The van der Waals surface area contributed by atoms with Crippen molar-refractivity contribution in [1.29, 1.82) is 0 Å². The molecule has 0 radical (unpaired) electrons. The van der Waals surface area contributed by atoms with Crippen LogP contribution in [0.5, 0.6) is 0 Å². The fourth-order valence-corrected chi connectivity index (χ4v) is 3.95. The van der Waals surface area contributed by atoms with Crippen LogP contribution in [0, 0.1) is 5.92 Å². The number of carbonyl (C=O) groups excluding carboxylic acids is 1. The number of alkyl halides is 1. The van der Waals surface area contributed by atoms with Crippen LogP contribution in [-0.2, 0) is 0 Å². The average Bonchev–Trinajstić information content (AvgIpc) is 2.26. The van der Waals surface area contributed by atoms with Crippen molar-refractivity contribution in [3.8, 4) is 0 Å². The number of carbonyl (C=O) groups is 1. The van der Waals surface area contributed by atoms with Crippen molar-refractivity contribution in [2.75, 3.05) is 13.6 Å². The van der Waals surface area contributed by atoms with Crippen molar-refractivity contribution in [3.05, 3.63) is 33.3 Å². The number of amides is 1. The van der Waals surface area contributed by atoms with Crippen molar-refractivity contribution in [3.63, 3.8) is 0 Å². The van der Waals surface area contributed by atoms with Gasteiger partial charge >= 0.3 is 0 Å². The first kappa shape index (κ1) is 14.4.